The molecular weight excluding hydrogens is 472 g/mol. The maximum absolute atomic E-state index is 13.6. The van der Waals surface area contributed by atoms with E-state index in [2.05, 4.69) is 10.6 Å². The van der Waals surface area contributed by atoms with Crippen molar-refractivity contribution in [3.63, 3.8) is 0 Å². The van der Waals surface area contributed by atoms with E-state index in [1.165, 1.54) is 0 Å². The summed E-state index contributed by atoms with van der Waals surface area (Å²) in [5, 5.41) is 15.6. The molecule has 3 rings (SSSR count). The fourth-order valence-corrected chi connectivity index (χ4v) is 4.21. The third kappa shape index (κ3) is 7.45. The Kier molecular flexibility index (Phi) is 9.52. The molecule has 1 heterocycles. The standard InChI is InChI=1S/C28H38N4O5/c1-18(2)29-28(36)31(5)16-25-19(3)15-32(20(4)17-33)27(35)23-14-22(11-12-24(23)37-25)30-26(34)13-21-9-7-6-8-10-21/h6-12,14,18-20,25,33H,13,15-17H2,1-5H3,(H,29,36)(H,30,34)/t19-,20+,25-/m1/s1. The lowest BCUT2D eigenvalue weighted by molar-refractivity contribution is -0.115. The minimum atomic E-state index is -0.417. The highest BCUT2D eigenvalue weighted by Crippen LogP contribution is 2.30. The van der Waals surface area contributed by atoms with Gasteiger partial charge in [-0.15, -0.1) is 0 Å². The Labute approximate surface area is 218 Å². The van der Waals surface area contributed by atoms with Gasteiger partial charge in [0.2, 0.25) is 5.91 Å². The van der Waals surface area contributed by atoms with Gasteiger partial charge in [-0.3, -0.25) is 9.59 Å². The molecule has 3 N–H and O–H groups in total. The number of urea groups is 1. The summed E-state index contributed by atoms with van der Waals surface area (Å²) in [6.07, 6.45) is -0.192. The Morgan fingerprint density at radius 2 is 1.86 bits per heavy atom. The molecule has 9 heteroatoms. The first-order chi connectivity index (χ1) is 17.6. The molecule has 1 aliphatic heterocycles. The van der Waals surface area contributed by atoms with Gasteiger partial charge >= 0.3 is 6.03 Å². The Balaban J connectivity index is 1.87. The van der Waals surface area contributed by atoms with E-state index in [-0.39, 0.29) is 42.8 Å². The lowest BCUT2D eigenvalue weighted by Gasteiger charge is -2.38. The molecule has 3 atom stereocenters. The minimum absolute atomic E-state index is 0.000362. The van der Waals surface area contributed by atoms with E-state index in [0.717, 1.165) is 5.56 Å². The zero-order valence-corrected chi connectivity index (χ0v) is 22.2. The summed E-state index contributed by atoms with van der Waals surface area (Å²) >= 11 is 0. The van der Waals surface area contributed by atoms with Crippen molar-refractivity contribution in [2.75, 3.05) is 32.1 Å². The molecule has 0 aliphatic carbocycles. The van der Waals surface area contributed by atoms with Crippen molar-refractivity contribution < 1.29 is 24.2 Å². The third-order valence-electron chi connectivity index (χ3n) is 6.37. The average molecular weight is 511 g/mol. The zero-order valence-electron chi connectivity index (χ0n) is 22.2. The van der Waals surface area contributed by atoms with Gasteiger partial charge in [-0.2, -0.15) is 0 Å². The van der Waals surface area contributed by atoms with Crippen molar-refractivity contribution in [2.45, 2.75) is 52.3 Å². The van der Waals surface area contributed by atoms with Gasteiger partial charge in [0.15, 0.2) is 0 Å². The summed E-state index contributed by atoms with van der Waals surface area (Å²) in [6, 6.07) is 13.8. The first kappa shape index (κ1) is 28.0. The van der Waals surface area contributed by atoms with Crippen LogP contribution >= 0.6 is 0 Å². The molecule has 0 saturated carbocycles. The van der Waals surface area contributed by atoms with E-state index in [4.69, 9.17) is 4.74 Å². The first-order valence-corrected chi connectivity index (χ1v) is 12.7. The highest BCUT2D eigenvalue weighted by Gasteiger charge is 2.34. The highest BCUT2D eigenvalue weighted by atomic mass is 16.5. The smallest absolute Gasteiger partial charge is 0.317 e. The second-order valence-electron chi connectivity index (χ2n) is 10.0. The number of nitrogens with zero attached hydrogens (tertiary/aromatic N) is 2. The number of anilines is 1. The quantitative estimate of drug-likeness (QED) is 0.505. The number of hydrogen-bond acceptors (Lipinski definition) is 5. The number of likely N-dealkylation sites (N-methyl/N-ethyl adjacent to an activating group) is 1. The van der Waals surface area contributed by atoms with Gasteiger partial charge in [0.25, 0.3) is 5.91 Å². The molecule has 0 bridgehead atoms. The predicted molar refractivity (Wildman–Crippen MR) is 143 cm³/mol. The van der Waals surface area contributed by atoms with E-state index in [9.17, 15) is 19.5 Å². The van der Waals surface area contributed by atoms with Crippen LogP contribution in [0.5, 0.6) is 5.75 Å². The van der Waals surface area contributed by atoms with E-state index in [0.29, 0.717) is 30.1 Å². The number of hydrogen-bond donors (Lipinski definition) is 3. The molecule has 37 heavy (non-hydrogen) atoms. The molecule has 0 saturated heterocycles. The van der Waals surface area contributed by atoms with Gasteiger partial charge in [0.05, 0.1) is 31.2 Å². The Hall–Kier alpha value is -3.59. The second kappa shape index (κ2) is 12.6. The summed E-state index contributed by atoms with van der Waals surface area (Å²) < 4.78 is 6.32. The Bertz CT molecular complexity index is 1090. The van der Waals surface area contributed by atoms with Crippen molar-refractivity contribution in [2.24, 2.45) is 5.92 Å². The van der Waals surface area contributed by atoms with E-state index in [1.54, 1.807) is 42.0 Å². The number of nitrogens with one attached hydrogen (secondary N) is 2. The van der Waals surface area contributed by atoms with Crippen LogP contribution in [0.25, 0.3) is 0 Å². The summed E-state index contributed by atoms with van der Waals surface area (Å²) in [6.45, 7) is 8.00. The average Bonchev–Trinajstić information content (AvgIpc) is 2.86. The van der Waals surface area contributed by atoms with Gasteiger partial charge in [0.1, 0.15) is 11.9 Å². The molecule has 0 unspecified atom stereocenters. The predicted octanol–water partition coefficient (Wildman–Crippen LogP) is 3.14. The SMILES string of the molecule is CC(C)NC(=O)N(C)C[C@H]1Oc2ccc(NC(=O)Cc3ccccc3)cc2C(=O)N([C@@H](C)CO)C[C@H]1C. The van der Waals surface area contributed by atoms with Crippen molar-refractivity contribution >= 4 is 23.5 Å². The molecule has 4 amide bonds. The lowest BCUT2D eigenvalue weighted by atomic mass is 9.99. The van der Waals surface area contributed by atoms with Crippen molar-refractivity contribution in [3.8, 4) is 5.75 Å². The van der Waals surface area contributed by atoms with Crippen LogP contribution in [0.3, 0.4) is 0 Å². The Morgan fingerprint density at radius 3 is 2.51 bits per heavy atom. The molecular formula is C28H38N4O5. The molecule has 0 radical (unpaired) electrons. The monoisotopic (exact) mass is 510 g/mol. The fraction of sp³-hybridized carbons (Fsp3) is 0.464. The molecule has 0 aromatic heterocycles. The summed E-state index contributed by atoms with van der Waals surface area (Å²) in [7, 11) is 1.71. The minimum Gasteiger partial charge on any atom is -0.487 e. The summed E-state index contributed by atoms with van der Waals surface area (Å²) in [4.78, 5) is 41.9. The summed E-state index contributed by atoms with van der Waals surface area (Å²) in [5.41, 5.74) is 1.66. The molecule has 200 valence electrons. The maximum atomic E-state index is 13.6. The number of aliphatic hydroxyl groups excluding tert-OH is 1. The van der Waals surface area contributed by atoms with Crippen LogP contribution in [-0.2, 0) is 11.2 Å². The van der Waals surface area contributed by atoms with E-state index in [1.807, 2.05) is 51.1 Å². The van der Waals surface area contributed by atoms with E-state index >= 15 is 0 Å². The number of benzene rings is 2. The number of carbonyl (C=O) groups is 3. The van der Waals surface area contributed by atoms with Gasteiger partial charge in [0, 0.05) is 31.2 Å². The van der Waals surface area contributed by atoms with Gasteiger partial charge < -0.3 is 30.3 Å². The maximum Gasteiger partial charge on any atom is 0.317 e. The highest BCUT2D eigenvalue weighted by molar-refractivity contribution is 6.00. The normalized spacial score (nSPS) is 18.2. The number of ether oxygens (including phenoxy) is 1. The van der Waals surface area contributed by atoms with Crippen LogP contribution in [0, 0.1) is 5.92 Å². The number of carbonyl (C=O) groups excluding carboxylic acids is 3. The third-order valence-corrected chi connectivity index (χ3v) is 6.37. The number of fused-ring (bicyclic) bond motifs is 1. The molecule has 1 aliphatic rings. The van der Waals surface area contributed by atoms with Gasteiger partial charge in [-0.25, -0.2) is 4.79 Å². The molecule has 0 spiro atoms. The zero-order chi connectivity index (χ0) is 27.1. The van der Waals surface area contributed by atoms with Crippen LogP contribution < -0.4 is 15.4 Å². The lowest BCUT2D eigenvalue weighted by Crippen LogP contribution is -2.51. The first-order valence-electron chi connectivity index (χ1n) is 12.7. The van der Waals surface area contributed by atoms with Crippen molar-refractivity contribution in [1.29, 1.82) is 0 Å². The van der Waals surface area contributed by atoms with Crippen LogP contribution in [0.4, 0.5) is 10.5 Å². The van der Waals surface area contributed by atoms with Crippen LogP contribution in [0.1, 0.15) is 43.6 Å². The van der Waals surface area contributed by atoms with Gasteiger partial charge in [-0.05, 0) is 44.5 Å². The molecule has 2 aromatic carbocycles. The fourth-order valence-electron chi connectivity index (χ4n) is 4.21. The molecule has 9 nitrogen and oxygen atoms in total. The Morgan fingerprint density at radius 1 is 1.16 bits per heavy atom. The van der Waals surface area contributed by atoms with Crippen molar-refractivity contribution in [3.05, 3.63) is 59.7 Å². The van der Waals surface area contributed by atoms with E-state index < -0.39 is 12.1 Å². The largest absolute Gasteiger partial charge is 0.487 e. The topological polar surface area (TPSA) is 111 Å². The number of rotatable bonds is 8. The molecule has 0 fully saturated rings. The van der Waals surface area contributed by atoms with Gasteiger partial charge in [-0.1, -0.05) is 37.3 Å². The van der Waals surface area contributed by atoms with Crippen molar-refractivity contribution in [1.82, 2.24) is 15.1 Å². The second-order valence-corrected chi connectivity index (χ2v) is 10.0. The number of amides is 4. The van der Waals surface area contributed by atoms with Crippen LogP contribution in [-0.4, -0.2) is 77.7 Å². The number of aliphatic hydroxyl groups is 1. The van der Waals surface area contributed by atoms with Crippen LogP contribution in [0.15, 0.2) is 48.5 Å². The summed E-state index contributed by atoms with van der Waals surface area (Å²) in [5.74, 6) is -0.233. The van der Waals surface area contributed by atoms with Crippen LogP contribution in [0.2, 0.25) is 0 Å². The molecule has 2 aromatic rings.